The van der Waals surface area contributed by atoms with Crippen molar-refractivity contribution in [3.05, 3.63) is 56.8 Å². The number of nitrogens with one attached hydrogen (secondary N) is 1. The number of aryl methyl sites for hydroxylation is 2. The molecule has 3 rings (SSSR count). The summed E-state index contributed by atoms with van der Waals surface area (Å²) in [4.78, 5) is 24.9. The zero-order chi connectivity index (χ0) is 16.4. The molecule has 120 valence electrons. The van der Waals surface area contributed by atoms with Crippen molar-refractivity contribution in [3.63, 3.8) is 0 Å². The molecule has 4 heteroatoms. The molecule has 0 radical (unpaired) electrons. The molecule has 0 bridgehead atoms. The van der Waals surface area contributed by atoms with Gasteiger partial charge in [-0.1, -0.05) is 18.2 Å². The number of hydrogen-bond donors (Lipinski definition) is 1. The van der Waals surface area contributed by atoms with Gasteiger partial charge in [-0.15, -0.1) is 11.3 Å². The van der Waals surface area contributed by atoms with Crippen molar-refractivity contribution in [1.82, 2.24) is 5.32 Å². The zero-order valence-electron chi connectivity index (χ0n) is 13.5. The Bertz CT molecular complexity index is 748. The molecular weight excluding hydrogens is 306 g/mol. The molecule has 1 aromatic carbocycles. The maximum absolute atomic E-state index is 12.3. The maximum atomic E-state index is 12.3. The second-order valence-electron chi connectivity index (χ2n) is 6.15. The predicted molar refractivity (Wildman–Crippen MR) is 93.3 cm³/mol. The Balaban J connectivity index is 1.71. The van der Waals surface area contributed by atoms with Crippen molar-refractivity contribution in [1.29, 1.82) is 0 Å². The van der Waals surface area contributed by atoms with Crippen molar-refractivity contribution in [2.24, 2.45) is 0 Å². The maximum Gasteiger partial charge on any atom is 0.261 e. The highest BCUT2D eigenvalue weighted by Gasteiger charge is 2.16. The van der Waals surface area contributed by atoms with Crippen molar-refractivity contribution >= 4 is 23.0 Å². The van der Waals surface area contributed by atoms with Crippen LogP contribution in [0.5, 0.6) is 0 Å². The van der Waals surface area contributed by atoms with Gasteiger partial charge in [0.2, 0.25) is 0 Å². The lowest BCUT2D eigenvalue weighted by atomic mass is 9.89. The summed E-state index contributed by atoms with van der Waals surface area (Å²) in [5.41, 5.74) is 4.01. The average molecular weight is 327 g/mol. The first kappa shape index (κ1) is 15.9. The van der Waals surface area contributed by atoms with Crippen LogP contribution in [0.1, 0.15) is 68.8 Å². The van der Waals surface area contributed by atoms with Crippen molar-refractivity contribution in [3.8, 4) is 0 Å². The number of fused-ring (bicyclic) bond motifs is 1. The normalized spacial score (nSPS) is 14.9. The van der Waals surface area contributed by atoms with E-state index in [4.69, 9.17) is 0 Å². The van der Waals surface area contributed by atoms with E-state index in [-0.39, 0.29) is 17.7 Å². The molecule has 1 atom stereocenters. The van der Waals surface area contributed by atoms with E-state index in [2.05, 4.69) is 23.5 Å². The lowest BCUT2D eigenvalue weighted by molar-refractivity contribution is 0.0943. The number of carbonyl (C=O) groups is 2. The molecule has 1 heterocycles. The van der Waals surface area contributed by atoms with Gasteiger partial charge >= 0.3 is 0 Å². The summed E-state index contributed by atoms with van der Waals surface area (Å²) in [5.74, 6) is -0.121. The van der Waals surface area contributed by atoms with E-state index in [1.165, 1.54) is 48.6 Å². The first-order chi connectivity index (χ1) is 11.0. The smallest absolute Gasteiger partial charge is 0.261 e. The summed E-state index contributed by atoms with van der Waals surface area (Å²) in [6.45, 7) is 3.52. The summed E-state index contributed by atoms with van der Waals surface area (Å²) in [6, 6.07) is 9.93. The Kier molecular flexibility index (Phi) is 4.62. The third kappa shape index (κ3) is 3.53. The van der Waals surface area contributed by atoms with Crippen LogP contribution in [0.4, 0.5) is 0 Å². The summed E-state index contributed by atoms with van der Waals surface area (Å²) < 4.78 is 0. The number of ketones is 1. The molecule has 1 amide bonds. The number of hydrogen-bond acceptors (Lipinski definition) is 3. The van der Waals surface area contributed by atoms with Crippen LogP contribution >= 0.6 is 11.3 Å². The molecule has 1 N–H and O–H groups in total. The van der Waals surface area contributed by atoms with Crippen molar-refractivity contribution in [2.75, 3.05) is 0 Å². The van der Waals surface area contributed by atoms with Gasteiger partial charge < -0.3 is 5.32 Å². The number of thiophene rings is 1. The van der Waals surface area contributed by atoms with Gasteiger partial charge in [-0.2, -0.15) is 0 Å². The van der Waals surface area contributed by atoms with Gasteiger partial charge in [0.05, 0.1) is 15.8 Å². The highest BCUT2D eigenvalue weighted by atomic mass is 32.1. The predicted octanol–water partition coefficient (Wildman–Crippen LogP) is 4.32. The van der Waals surface area contributed by atoms with Crippen LogP contribution in [0.15, 0.2) is 30.3 Å². The summed E-state index contributed by atoms with van der Waals surface area (Å²) in [7, 11) is 0. The van der Waals surface area contributed by atoms with Gasteiger partial charge in [0.25, 0.3) is 5.91 Å². The number of benzene rings is 1. The second kappa shape index (κ2) is 6.67. The Morgan fingerprint density at radius 2 is 1.74 bits per heavy atom. The Hall–Kier alpha value is -1.94. The van der Waals surface area contributed by atoms with Gasteiger partial charge in [0, 0.05) is 0 Å². The molecule has 0 spiro atoms. The molecule has 0 aliphatic heterocycles. The minimum absolute atomic E-state index is 0.00298. The molecule has 1 aromatic heterocycles. The van der Waals surface area contributed by atoms with E-state index in [1.807, 2.05) is 6.92 Å². The standard InChI is InChI=1S/C19H21NO2S/c1-12(15-8-7-14-5-3-4-6-16(14)11-15)20-19(22)18-10-9-17(23-18)13(2)21/h7-12H,3-6H2,1-2H3,(H,20,22)/t12-/m0/s1. The van der Waals surface area contributed by atoms with Crippen LogP contribution in [0.3, 0.4) is 0 Å². The summed E-state index contributed by atoms with van der Waals surface area (Å²) >= 11 is 1.25. The van der Waals surface area contributed by atoms with E-state index in [0.717, 1.165) is 12.0 Å². The number of amides is 1. The van der Waals surface area contributed by atoms with Gasteiger partial charge in [-0.05, 0) is 68.4 Å². The zero-order valence-corrected chi connectivity index (χ0v) is 14.3. The molecule has 3 nitrogen and oxygen atoms in total. The van der Waals surface area contributed by atoms with Gasteiger partial charge in [-0.3, -0.25) is 9.59 Å². The van der Waals surface area contributed by atoms with Crippen LogP contribution < -0.4 is 5.32 Å². The number of carbonyl (C=O) groups excluding carboxylic acids is 2. The molecule has 0 unspecified atom stereocenters. The molecule has 0 saturated heterocycles. The largest absolute Gasteiger partial charge is 0.345 e. The van der Waals surface area contributed by atoms with E-state index < -0.39 is 0 Å². The van der Waals surface area contributed by atoms with Crippen molar-refractivity contribution in [2.45, 2.75) is 45.6 Å². The molecule has 0 saturated carbocycles. The van der Waals surface area contributed by atoms with E-state index in [1.54, 1.807) is 12.1 Å². The van der Waals surface area contributed by atoms with E-state index in [9.17, 15) is 9.59 Å². The fourth-order valence-electron chi connectivity index (χ4n) is 3.02. The minimum Gasteiger partial charge on any atom is -0.345 e. The van der Waals surface area contributed by atoms with Crippen LogP contribution in [0, 0.1) is 0 Å². The van der Waals surface area contributed by atoms with Crippen LogP contribution in [0.2, 0.25) is 0 Å². The highest BCUT2D eigenvalue weighted by molar-refractivity contribution is 7.15. The third-order valence-corrected chi connectivity index (χ3v) is 5.58. The fourth-order valence-corrected chi connectivity index (χ4v) is 3.83. The quantitative estimate of drug-likeness (QED) is 0.850. The third-order valence-electron chi connectivity index (χ3n) is 4.40. The molecular formula is C19H21NO2S. The number of rotatable bonds is 4. The Morgan fingerprint density at radius 1 is 1.04 bits per heavy atom. The molecule has 0 fully saturated rings. The lowest BCUT2D eigenvalue weighted by Gasteiger charge is -2.20. The van der Waals surface area contributed by atoms with Crippen molar-refractivity contribution < 1.29 is 9.59 Å². The monoisotopic (exact) mass is 327 g/mol. The fraction of sp³-hybridized carbons (Fsp3) is 0.368. The topological polar surface area (TPSA) is 46.2 Å². The van der Waals surface area contributed by atoms with Crippen LogP contribution in [-0.4, -0.2) is 11.7 Å². The Labute approximate surface area is 140 Å². The minimum atomic E-state index is -0.118. The number of Topliss-reactive ketones (excluding diaryl/α,β-unsaturated/α-hetero) is 1. The van der Waals surface area contributed by atoms with Gasteiger partial charge in [-0.25, -0.2) is 0 Å². The SMILES string of the molecule is CC(=O)c1ccc(C(=O)N[C@@H](C)c2ccc3c(c2)CCCC3)s1. The van der Waals surface area contributed by atoms with E-state index in [0.29, 0.717) is 9.75 Å². The van der Waals surface area contributed by atoms with Crippen LogP contribution in [-0.2, 0) is 12.8 Å². The Morgan fingerprint density at radius 3 is 2.43 bits per heavy atom. The van der Waals surface area contributed by atoms with Gasteiger partial charge in [0.1, 0.15) is 0 Å². The molecule has 23 heavy (non-hydrogen) atoms. The second-order valence-corrected chi connectivity index (χ2v) is 7.23. The molecule has 1 aliphatic rings. The first-order valence-corrected chi connectivity index (χ1v) is 8.89. The van der Waals surface area contributed by atoms with Crippen LogP contribution in [0.25, 0.3) is 0 Å². The average Bonchev–Trinajstić information content (AvgIpc) is 3.04. The molecule has 1 aliphatic carbocycles. The highest BCUT2D eigenvalue weighted by Crippen LogP contribution is 2.25. The summed E-state index contributed by atoms with van der Waals surface area (Å²) in [5, 5.41) is 3.03. The van der Waals surface area contributed by atoms with E-state index >= 15 is 0 Å². The molecule has 2 aromatic rings. The lowest BCUT2D eigenvalue weighted by Crippen LogP contribution is -2.26. The first-order valence-electron chi connectivity index (χ1n) is 8.08. The summed E-state index contributed by atoms with van der Waals surface area (Å²) in [6.07, 6.45) is 4.83. The van der Waals surface area contributed by atoms with Gasteiger partial charge in [0.15, 0.2) is 5.78 Å².